The molecule has 2 aliphatic heterocycles. The Balaban J connectivity index is 1.23. The molecule has 1 fully saturated rings. The molecule has 1 atom stereocenters. The number of piperazine rings is 1. The number of aromatic nitrogens is 1. The number of hydrogen-bond donors (Lipinski definition) is 0. The molecule has 0 N–H and O–H groups in total. The second-order valence-corrected chi connectivity index (χ2v) is 13.7. The highest BCUT2D eigenvalue weighted by molar-refractivity contribution is 7.91. The van der Waals surface area contributed by atoms with Crippen molar-refractivity contribution in [1.29, 1.82) is 0 Å². The van der Waals surface area contributed by atoms with Crippen LogP contribution < -0.4 is 4.90 Å². The number of rotatable bonds is 8. The Hall–Kier alpha value is -2.57. The van der Waals surface area contributed by atoms with Crippen molar-refractivity contribution in [2.45, 2.75) is 37.6 Å². The number of aryl methyl sites for hydroxylation is 1. The Bertz CT molecular complexity index is 1420. The summed E-state index contributed by atoms with van der Waals surface area (Å²) in [6, 6.07) is 10.2. The van der Waals surface area contributed by atoms with Gasteiger partial charge in [-0.3, -0.25) is 9.89 Å². The van der Waals surface area contributed by atoms with E-state index >= 15 is 0 Å². The number of para-hydroxylation sites is 1. The van der Waals surface area contributed by atoms with Crippen LogP contribution in [-0.4, -0.2) is 93.4 Å². The van der Waals surface area contributed by atoms with E-state index in [1.165, 1.54) is 22.6 Å². The molecule has 204 valence electrons. The maximum Gasteiger partial charge on any atom is 0.252 e. The lowest BCUT2D eigenvalue weighted by molar-refractivity contribution is 0.180. The van der Waals surface area contributed by atoms with Crippen LogP contribution in [0, 0.1) is 13.8 Å². The van der Waals surface area contributed by atoms with E-state index < -0.39 is 10.0 Å². The van der Waals surface area contributed by atoms with Crippen LogP contribution in [0.3, 0.4) is 0 Å². The molecule has 0 amide bonds. The summed E-state index contributed by atoms with van der Waals surface area (Å²) in [4.78, 5) is 12.3. The molecule has 5 rings (SSSR count). The van der Waals surface area contributed by atoms with Crippen molar-refractivity contribution in [3.63, 3.8) is 0 Å². The first-order chi connectivity index (χ1) is 18.1. The van der Waals surface area contributed by atoms with Crippen molar-refractivity contribution in [2.24, 2.45) is 4.99 Å². The zero-order valence-corrected chi connectivity index (χ0v) is 24.3. The van der Waals surface area contributed by atoms with Crippen LogP contribution in [0.15, 0.2) is 44.1 Å². The van der Waals surface area contributed by atoms with E-state index in [0.717, 1.165) is 34.8 Å². The normalized spacial score (nSPS) is 17.8. The number of anilines is 1. The minimum absolute atomic E-state index is 0.242. The highest BCUT2D eigenvalue weighted by Crippen LogP contribution is 2.35. The van der Waals surface area contributed by atoms with E-state index in [1.807, 2.05) is 26.1 Å². The first-order valence-corrected chi connectivity index (χ1v) is 15.2. The summed E-state index contributed by atoms with van der Waals surface area (Å²) in [5.74, 6) is 0.644. The van der Waals surface area contributed by atoms with Crippen LogP contribution in [0.5, 0.6) is 0 Å². The Kier molecular flexibility index (Phi) is 7.74. The third kappa shape index (κ3) is 5.30. The molecule has 4 heterocycles. The molecular formula is C27H36N6O3S2. The average Bonchev–Trinajstić information content (AvgIpc) is 3.51. The van der Waals surface area contributed by atoms with E-state index in [-0.39, 0.29) is 6.04 Å². The first-order valence-electron chi connectivity index (χ1n) is 12.9. The zero-order chi connectivity index (χ0) is 27.0. The lowest BCUT2D eigenvalue weighted by atomic mass is 10.0. The highest BCUT2D eigenvalue weighted by atomic mass is 32.2. The SMILES string of the molecule is Cc1noc(-c2ccc(S(=O)(=O)N3CCN(C[C@H](C)N4CN=Cc5cccc(CN(C)C)c54)CC3)s2)c1C. The van der Waals surface area contributed by atoms with Gasteiger partial charge in [0.1, 0.15) is 10.9 Å². The van der Waals surface area contributed by atoms with Gasteiger partial charge in [-0.05, 0) is 52.6 Å². The summed E-state index contributed by atoms with van der Waals surface area (Å²) in [5, 5.41) is 4.00. The topological polar surface area (TPSA) is 85.5 Å². The van der Waals surface area contributed by atoms with Crippen molar-refractivity contribution in [1.82, 2.24) is 19.3 Å². The summed E-state index contributed by atoms with van der Waals surface area (Å²) in [7, 11) is 0.620. The second kappa shape index (κ2) is 10.9. The molecule has 2 aromatic heterocycles. The van der Waals surface area contributed by atoms with Crippen LogP contribution in [0.2, 0.25) is 0 Å². The molecule has 1 saturated heterocycles. The van der Waals surface area contributed by atoms with Crippen LogP contribution in [-0.2, 0) is 16.6 Å². The Morgan fingerprint density at radius 3 is 2.55 bits per heavy atom. The quantitative estimate of drug-likeness (QED) is 0.419. The summed E-state index contributed by atoms with van der Waals surface area (Å²) in [6.45, 7) is 10.8. The Morgan fingerprint density at radius 2 is 1.87 bits per heavy atom. The van der Waals surface area contributed by atoms with E-state index in [1.54, 1.807) is 10.4 Å². The molecule has 0 unspecified atom stereocenters. The molecule has 0 saturated carbocycles. The zero-order valence-electron chi connectivity index (χ0n) is 22.7. The van der Waals surface area contributed by atoms with Gasteiger partial charge in [0, 0.05) is 62.7 Å². The van der Waals surface area contributed by atoms with Gasteiger partial charge in [-0.25, -0.2) is 8.42 Å². The fourth-order valence-electron chi connectivity index (χ4n) is 5.17. The average molecular weight is 557 g/mol. The largest absolute Gasteiger partial charge is 0.355 e. The minimum Gasteiger partial charge on any atom is -0.355 e. The molecule has 0 spiro atoms. The monoisotopic (exact) mass is 556 g/mol. The molecule has 9 nitrogen and oxygen atoms in total. The molecule has 1 aromatic carbocycles. The van der Waals surface area contributed by atoms with Crippen LogP contribution in [0.4, 0.5) is 5.69 Å². The van der Waals surface area contributed by atoms with Gasteiger partial charge >= 0.3 is 0 Å². The van der Waals surface area contributed by atoms with E-state index in [2.05, 4.69) is 64.1 Å². The summed E-state index contributed by atoms with van der Waals surface area (Å²) in [5.41, 5.74) is 5.47. The van der Waals surface area contributed by atoms with Crippen LogP contribution >= 0.6 is 11.3 Å². The van der Waals surface area contributed by atoms with Crippen molar-refractivity contribution in [2.75, 3.05) is 58.4 Å². The predicted molar refractivity (Wildman–Crippen MR) is 153 cm³/mol. The highest BCUT2D eigenvalue weighted by Gasteiger charge is 2.32. The lowest BCUT2D eigenvalue weighted by Crippen LogP contribution is -2.52. The summed E-state index contributed by atoms with van der Waals surface area (Å²) >= 11 is 1.24. The van der Waals surface area contributed by atoms with E-state index in [9.17, 15) is 8.42 Å². The van der Waals surface area contributed by atoms with Gasteiger partial charge in [0.05, 0.1) is 16.3 Å². The van der Waals surface area contributed by atoms with Crippen LogP contribution in [0.1, 0.15) is 29.3 Å². The van der Waals surface area contributed by atoms with Gasteiger partial charge in [-0.1, -0.05) is 23.4 Å². The minimum atomic E-state index is -3.56. The van der Waals surface area contributed by atoms with Gasteiger partial charge in [0.15, 0.2) is 5.76 Å². The van der Waals surface area contributed by atoms with Crippen LogP contribution in [0.25, 0.3) is 10.6 Å². The standard InChI is InChI=1S/C27H36N6O3S2/c1-19(33-18-28-15-22-7-6-8-23(26(22)33)17-30(4)5)16-31-11-13-32(14-12-31)38(34,35)25-10-9-24(37-25)27-20(2)21(3)29-36-27/h6-10,15,19H,11-14,16-18H2,1-5H3/t19-/m0/s1. The molecule has 3 aromatic rings. The Labute approximate surface area is 229 Å². The maximum atomic E-state index is 13.4. The summed E-state index contributed by atoms with van der Waals surface area (Å²) < 4.78 is 34.2. The first kappa shape index (κ1) is 27.0. The van der Waals surface area contributed by atoms with E-state index in [0.29, 0.717) is 42.8 Å². The van der Waals surface area contributed by atoms with E-state index in [4.69, 9.17) is 4.52 Å². The fraction of sp³-hybridized carbons (Fsp3) is 0.481. The number of benzene rings is 1. The second-order valence-electron chi connectivity index (χ2n) is 10.4. The van der Waals surface area contributed by atoms with Gasteiger partial charge < -0.3 is 14.3 Å². The number of nitrogens with zero attached hydrogens (tertiary/aromatic N) is 6. The maximum absolute atomic E-state index is 13.4. The smallest absolute Gasteiger partial charge is 0.252 e. The molecule has 0 bridgehead atoms. The van der Waals surface area contributed by atoms with Crippen molar-refractivity contribution in [3.05, 3.63) is 52.7 Å². The third-order valence-corrected chi connectivity index (χ3v) is 10.8. The Morgan fingerprint density at radius 1 is 1.11 bits per heavy atom. The summed E-state index contributed by atoms with van der Waals surface area (Å²) in [6.07, 6.45) is 1.97. The van der Waals surface area contributed by atoms with Gasteiger partial charge in [0.25, 0.3) is 10.0 Å². The molecular weight excluding hydrogens is 520 g/mol. The molecule has 0 aliphatic carbocycles. The number of fused-ring (bicyclic) bond motifs is 1. The fourth-order valence-corrected chi connectivity index (χ4v) is 8.09. The van der Waals surface area contributed by atoms with Gasteiger partial charge in [0.2, 0.25) is 0 Å². The number of thiophene rings is 1. The molecule has 0 radical (unpaired) electrons. The molecule has 11 heteroatoms. The van der Waals surface area contributed by atoms with Crippen molar-refractivity contribution < 1.29 is 12.9 Å². The number of aliphatic imine (C=N–C) groups is 1. The number of hydrogen-bond acceptors (Lipinski definition) is 9. The van der Waals surface area contributed by atoms with Gasteiger partial charge in [-0.15, -0.1) is 11.3 Å². The predicted octanol–water partition coefficient (Wildman–Crippen LogP) is 3.67. The van der Waals surface area contributed by atoms with Gasteiger partial charge in [-0.2, -0.15) is 4.31 Å². The third-order valence-electron chi connectivity index (χ3n) is 7.33. The molecule has 38 heavy (non-hydrogen) atoms. The molecule has 2 aliphatic rings. The van der Waals surface area contributed by atoms with Crippen molar-refractivity contribution >= 4 is 33.3 Å². The van der Waals surface area contributed by atoms with Crippen molar-refractivity contribution in [3.8, 4) is 10.6 Å². The lowest BCUT2D eigenvalue weighted by Gasteiger charge is -2.40. The number of sulfonamides is 1.